The predicted octanol–water partition coefficient (Wildman–Crippen LogP) is 1.59. The third kappa shape index (κ3) is 2.57. The number of hydrogen-bond donors (Lipinski definition) is 1. The van der Waals surface area contributed by atoms with Gasteiger partial charge in [-0.25, -0.2) is 4.98 Å². The summed E-state index contributed by atoms with van der Waals surface area (Å²) in [6.07, 6.45) is 5.96. The molecule has 0 saturated carbocycles. The van der Waals surface area contributed by atoms with Crippen molar-refractivity contribution in [1.29, 1.82) is 0 Å². The van der Waals surface area contributed by atoms with Gasteiger partial charge in [-0.3, -0.25) is 4.79 Å². The van der Waals surface area contributed by atoms with Crippen LogP contribution in [0.2, 0.25) is 0 Å². The molecule has 1 amide bonds. The van der Waals surface area contributed by atoms with Crippen molar-refractivity contribution in [2.75, 3.05) is 0 Å². The van der Waals surface area contributed by atoms with Crippen LogP contribution in [0.3, 0.4) is 0 Å². The number of thiazole rings is 1. The minimum atomic E-state index is -0.204. The Bertz CT molecular complexity index is 364. The standard InChI is InChI=1S/C10H12N2OS/c1-4-8(5-2)12-10(13)9-6-14-7(3)11-9/h1,6,8H,5H2,2-3H3,(H,12,13). The van der Waals surface area contributed by atoms with Crippen LogP contribution in [-0.2, 0) is 0 Å². The first-order chi connectivity index (χ1) is 6.67. The molecule has 0 fully saturated rings. The molecule has 3 nitrogen and oxygen atoms in total. The van der Waals surface area contributed by atoms with Gasteiger partial charge in [0.05, 0.1) is 11.0 Å². The number of carbonyl (C=O) groups is 1. The van der Waals surface area contributed by atoms with Gasteiger partial charge >= 0.3 is 0 Å². The van der Waals surface area contributed by atoms with Crippen molar-refractivity contribution in [3.05, 3.63) is 16.1 Å². The third-order valence-electron chi connectivity index (χ3n) is 1.77. The average Bonchev–Trinajstić information content (AvgIpc) is 2.61. The van der Waals surface area contributed by atoms with E-state index in [2.05, 4.69) is 16.2 Å². The third-order valence-corrected chi connectivity index (χ3v) is 2.54. The van der Waals surface area contributed by atoms with Gasteiger partial charge in [-0.2, -0.15) is 0 Å². The second-order valence-corrected chi connectivity index (χ2v) is 3.91. The Kier molecular flexibility index (Phi) is 3.66. The second kappa shape index (κ2) is 4.77. The fourth-order valence-electron chi connectivity index (χ4n) is 0.961. The van der Waals surface area contributed by atoms with Crippen LogP contribution >= 0.6 is 11.3 Å². The number of aryl methyl sites for hydroxylation is 1. The molecule has 4 heteroatoms. The van der Waals surface area contributed by atoms with Crippen molar-refractivity contribution >= 4 is 17.2 Å². The Labute approximate surface area is 87.6 Å². The summed E-state index contributed by atoms with van der Waals surface area (Å²) in [5.74, 6) is 2.31. The predicted molar refractivity (Wildman–Crippen MR) is 57.2 cm³/mol. The Balaban J connectivity index is 2.64. The Morgan fingerprint density at radius 2 is 2.57 bits per heavy atom. The van der Waals surface area contributed by atoms with Gasteiger partial charge < -0.3 is 5.32 Å². The molecule has 0 aliphatic heterocycles. The molecule has 1 aromatic heterocycles. The van der Waals surface area contributed by atoms with Crippen molar-refractivity contribution in [1.82, 2.24) is 10.3 Å². The van der Waals surface area contributed by atoms with Crippen molar-refractivity contribution in [3.63, 3.8) is 0 Å². The van der Waals surface area contributed by atoms with Gasteiger partial charge in [-0.05, 0) is 13.3 Å². The lowest BCUT2D eigenvalue weighted by Gasteiger charge is -2.08. The molecule has 0 bridgehead atoms. The number of rotatable bonds is 3. The summed E-state index contributed by atoms with van der Waals surface area (Å²) in [5, 5.41) is 5.32. The van der Waals surface area contributed by atoms with Gasteiger partial charge in [-0.1, -0.05) is 12.8 Å². The molecule has 1 heterocycles. The monoisotopic (exact) mass is 208 g/mol. The molecule has 0 spiro atoms. The van der Waals surface area contributed by atoms with E-state index in [1.54, 1.807) is 5.38 Å². The number of aromatic nitrogens is 1. The molecule has 0 aliphatic rings. The maximum Gasteiger partial charge on any atom is 0.271 e. The minimum Gasteiger partial charge on any atom is -0.337 e. The van der Waals surface area contributed by atoms with Crippen molar-refractivity contribution < 1.29 is 4.79 Å². The quantitative estimate of drug-likeness (QED) is 0.766. The van der Waals surface area contributed by atoms with Gasteiger partial charge in [0.2, 0.25) is 0 Å². The van der Waals surface area contributed by atoms with E-state index >= 15 is 0 Å². The van der Waals surface area contributed by atoms with E-state index in [-0.39, 0.29) is 11.9 Å². The first-order valence-corrected chi connectivity index (χ1v) is 5.24. The Hall–Kier alpha value is -1.34. The first kappa shape index (κ1) is 10.7. The summed E-state index contributed by atoms with van der Waals surface area (Å²) in [5.41, 5.74) is 0.446. The lowest BCUT2D eigenvalue weighted by molar-refractivity contribution is 0.0940. The fourth-order valence-corrected chi connectivity index (χ4v) is 1.55. The molecule has 1 rings (SSSR count). The van der Waals surface area contributed by atoms with Crippen LogP contribution in [0.25, 0.3) is 0 Å². The van der Waals surface area contributed by atoms with Crippen LogP contribution in [0.15, 0.2) is 5.38 Å². The lowest BCUT2D eigenvalue weighted by atomic mass is 10.2. The van der Waals surface area contributed by atoms with Crippen LogP contribution in [-0.4, -0.2) is 16.9 Å². The molecule has 0 radical (unpaired) electrons. The highest BCUT2D eigenvalue weighted by Crippen LogP contribution is 2.07. The van der Waals surface area contributed by atoms with Gasteiger partial charge in [0.15, 0.2) is 0 Å². The van der Waals surface area contributed by atoms with E-state index in [9.17, 15) is 4.79 Å². The number of hydrogen-bond acceptors (Lipinski definition) is 3. The number of terminal acetylenes is 1. The lowest BCUT2D eigenvalue weighted by Crippen LogP contribution is -2.33. The molecule has 1 unspecified atom stereocenters. The van der Waals surface area contributed by atoms with Crippen LogP contribution < -0.4 is 5.32 Å². The highest BCUT2D eigenvalue weighted by Gasteiger charge is 2.12. The van der Waals surface area contributed by atoms with Gasteiger partial charge in [0.25, 0.3) is 5.91 Å². The summed E-state index contributed by atoms with van der Waals surface area (Å²) in [6, 6.07) is -0.204. The molecular formula is C10H12N2OS. The van der Waals surface area contributed by atoms with Gasteiger partial charge in [-0.15, -0.1) is 17.8 Å². The summed E-state index contributed by atoms with van der Waals surface area (Å²) < 4.78 is 0. The number of nitrogens with one attached hydrogen (secondary N) is 1. The maximum atomic E-state index is 11.5. The smallest absolute Gasteiger partial charge is 0.271 e. The molecular weight excluding hydrogens is 196 g/mol. The fraction of sp³-hybridized carbons (Fsp3) is 0.400. The molecule has 14 heavy (non-hydrogen) atoms. The maximum absolute atomic E-state index is 11.5. The first-order valence-electron chi connectivity index (χ1n) is 4.36. The second-order valence-electron chi connectivity index (χ2n) is 2.85. The summed E-state index contributed by atoms with van der Waals surface area (Å²) in [7, 11) is 0. The van der Waals surface area contributed by atoms with Crippen molar-refractivity contribution in [3.8, 4) is 12.3 Å². The van der Waals surface area contributed by atoms with Gasteiger partial charge in [0.1, 0.15) is 5.69 Å². The van der Waals surface area contributed by atoms with E-state index in [4.69, 9.17) is 6.42 Å². The number of amides is 1. The van der Waals surface area contributed by atoms with E-state index in [0.29, 0.717) is 5.69 Å². The zero-order valence-electron chi connectivity index (χ0n) is 8.20. The van der Waals surface area contributed by atoms with E-state index in [1.807, 2.05) is 13.8 Å². The highest BCUT2D eigenvalue weighted by atomic mass is 32.1. The number of nitrogens with zero attached hydrogens (tertiary/aromatic N) is 1. The molecule has 0 aromatic carbocycles. The Morgan fingerprint density at radius 3 is 3.00 bits per heavy atom. The molecule has 74 valence electrons. The zero-order valence-corrected chi connectivity index (χ0v) is 9.02. The van der Waals surface area contributed by atoms with Crippen LogP contribution in [0.1, 0.15) is 28.8 Å². The zero-order chi connectivity index (χ0) is 10.6. The van der Waals surface area contributed by atoms with E-state index in [1.165, 1.54) is 11.3 Å². The average molecular weight is 208 g/mol. The molecule has 1 N–H and O–H groups in total. The van der Waals surface area contributed by atoms with Crippen LogP contribution in [0, 0.1) is 19.3 Å². The topological polar surface area (TPSA) is 42.0 Å². The molecule has 1 aromatic rings. The summed E-state index contributed by atoms with van der Waals surface area (Å²) in [4.78, 5) is 15.6. The number of carbonyl (C=O) groups excluding carboxylic acids is 1. The largest absolute Gasteiger partial charge is 0.337 e. The summed E-state index contributed by atoms with van der Waals surface area (Å²) >= 11 is 1.45. The highest BCUT2D eigenvalue weighted by molar-refractivity contribution is 7.09. The molecule has 0 aliphatic carbocycles. The molecule has 0 saturated heterocycles. The van der Waals surface area contributed by atoms with Crippen LogP contribution in [0.5, 0.6) is 0 Å². The van der Waals surface area contributed by atoms with Crippen molar-refractivity contribution in [2.45, 2.75) is 26.3 Å². The summed E-state index contributed by atoms with van der Waals surface area (Å²) in [6.45, 7) is 3.79. The van der Waals surface area contributed by atoms with E-state index < -0.39 is 0 Å². The molecule has 1 atom stereocenters. The normalized spacial score (nSPS) is 11.8. The SMILES string of the molecule is C#CC(CC)NC(=O)c1csc(C)n1. The van der Waals surface area contributed by atoms with Gasteiger partial charge in [0, 0.05) is 5.38 Å². The Morgan fingerprint density at radius 1 is 1.86 bits per heavy atom. The van der Waals surface area contributed by atoms with Crippen LogP contribution in [0.4, 0.5) is 0 Å². The minimum absolute atomic E-state index is 0.195. The van der Waals surface area contributed by atoms with Crippen molar-refractivity contribution in [2.24, 2.45) is 0 Å². The van der Waals surface area contributed by atoms with E-state index in [0.717, 1.165) is 11.4 Å².